The van der Waals surface area contributed by atoms with Gasteiger partial charge < -0.3 is 5.11 Å². The van der Waals surface area contributed by atoms with Crippen molar-refractivity contribution in [1.82, 2.24) is 15.2 Å². The van der Waals surface area contributed by atoms with E-state index in [-0.39, 0.29) is 18.9 Å². The highest BCUT2D eigenvalue weighted by atomic mass is 32.1. The average Bonchev–Trinajstić information content (AvgIpc) is 3.63. The lowest BCUT2D eigenvalue weighted by atomic mass is 9.76. The fourth-order valence-corrected chi connectivity index (χ4v) is 6.54. The minimum atomic E-state index is -1.66. The van der Waals surface area contributed by atoms with Crippen LogP contribution in [0, 0.1) is 11.8 Å². The van der Waals surface area contributed by atoms with E-state index >= 15 is 0 Å². The van der Waals surface area contributed by atoms with E-state index in [4.69, 9.17) is 0 Å². The molecule has 4 atom stereocenters. The van der Waals surface area contributed by atoms with Crippen LogP contribution in [0.4, 0.5) is 0 Å². The summed E-state index contributed by atoms with van der Waals surface area (Å²) in [5.74, 6) is -3.89. The van der Waals surface area contributed by atoms with E-state index in [1.807, 2.05) is 78.9 Å². The number of nitrogens with zero attached hydrogens (tertiary/aromatic N) is 2. The highest BCUT2D eigenvalue weighted by Crippen LogP contribution is 2.50. The van der Waals surface area contributed by atoms with Gasteiger partial charge in [0.2, 0.25) is 11.8 Å². The SMILES string of the molecule is O=C1C2C(c3nccs3)NC(Cc3ccc4ccccc4c3)(C(=O)O)C2C(=O)N1CC=Cc1ccccc1. The van der Waals surface area contributed by atoms with Crippen LogP contribution in [0.15, 0.2) is 90.4 Å². The number of carboxylic acid groups (broad SMARTS) is 1. The number of nitrogens with one attached hydrogen (secondary N) is 1. The molecule has 2 saturated heterocycles. The lowest BCUT2D eigenvalue weighted by Gasteiger charge is -2.31. The molecule has 7 nitrogen and oxygen atoms in total. The first-order chi connectivity index (χ1) is 18.5. The maximum absolute atomic E-state index is 13.8. The zero-order valence-corrected chi connectivity index (χ0v) is 21.2. The smallest absolute Gasteiger partial charge is 0.325 e. The fourth-order valence-electron chi connectivity index (χ4n) is 5.81. The molecule has 1 aromatic heterocycles. The van der Waals surface area contributed by atoms with Gasteiger partial charge in [0.25, 0.3) is 0 Å². The fraction of sp³-hybridized carbons (Fsp3) is 0.200. The largest absolute Gasteiger partial charge is 0.480 e. The van der Waals surface area contributed by atoms with Crippen molar-refractivity contribution in [1.29, 1.82) is 0 Å². The van der Waals surface area contributed by atoms with Gasteiger partial charge in [-0.1, -0.05) is 84.9 Å². The average molecular weight is 524 g/mol. The van der Waals surface area contributed by atoms with E-state index in [1.165, 1.54) is 16.2 Å². The molecule has 2 amide bonds. The number of hydrogen-bond acceptors (Lipinski definition) is 6. The van der Waals surface area contributed by atoms with Crippen LogP contribution in [0.2, 0.25) is 0 Å². The molecular formula is C30H25N3O4S. The molecule has 190 valence electrons. The van der Waals surface area contributed by atoms with Gasteiger partial charge in [-0.3, -0.25) is 24.6 Å². The molecule has 4 aromatic rings. The summed E-state index contributed by atoms with van der Waals surface area (Å²) < 4.78 is 0. The van der Waals surface area contributed by atoms with Crippen LogP contribution < -0.4 is 5.32 Å². The first-order valence-electron chi connectivity index (χ1n) is 12.4. The van der Waals surface area contributed by atoms with Crippen LogP contribution >= 0.6 is 11.3 Å². The quantitative estimate of drug-likeness (QED) is 0.350. The third kappa shape index (κ3) is 4.02. The van der Waals surface area contributed by atoms with E-state index in [9.17, 15) is 19.5 Å². The van der Waals surface area contributed by atoms with Gasteiger partial charge in [-0.05, 0) is 21.9 Å². The van der Waals surface area contributed by atoms with Crippen molar-refractivity contribution < 1.29 is 19.5 Å². The number of carbonyl (C=O) groups excluding carboxylic acids is 2. The number of amides is 2. The number of thiazole rings is 1. The second kappa shape index (κ2) is 9.63. The van der Waals surface area contributed by atoms with Crippen molar-refractivity contribution in [3.8, 4) is 0 Å². The zero-order valence-electron chi connectivity index (χ0n) is 20.4. The summed E-state index contributed by atoms with van der Waals surface area (Å²) in [5.41, 5.74) is 0.0683. The number of rotatable bonds is 7. The van der Waals surface area contributed by atoms with Gasteiger partial charge in [0.05, 0.1) is 17.9 Å². The van der Waals surface area contributed by atoms with Gasteiger partial charge in [-0.25, -0.2) is 4.98 Å². The summed E-state index contributed by atoms with van der Waals surface area (Å²) in [4.78, 5) is 46.1. The molecule has 0 aliphatic carbocycles. The number of carboxylic acids is 1. The molecule has 4 unspecified atom stereocenters. The monoisotopic (exact) mass is 523 g/mol. The minimum absolute atomic E-state index is 0.0585. The molecule has 0 bridgehead atoms. The molecular weight excluding hydrogens is 498 g/mol. The van der Waals surface area contributed by atoms with Gasteiger partial charge in [0.15, 0.2) is 0 Å². The predicted octanol–water partition coefficient (Wildman–Crippen LogP) is 4.32. The maximum Gasteiger partial charge on any atom is 0.325 e. The summed E-state index contributed by atoms with van der Waals surface area (Å²) in [7, 11) is 0. The highest BCUT2D eigenvalue weighted by Gasteiger charge is 2.68. The Morgan fingerprint density at radius 3 is 2.53 bits per heavy atom. The van der Waals surface area contributed by atoms with E-state index in [0.29, 0.717) is 5.01 Å². The van der Waals surface area contributed by atoms with Crippen LogP contribution in [-0.2, 0) is 20.8 Å². The molecule has 3 aromatic carbocycles. The Morgan fingerprint density at radius 2 is 1.79 bits per heavy atom. The lowest BCUT2D eigenvalue weighted by Crippen LogP contribution is -2.57. The number of hydrogen-bond donors (Lipinski definition) is 2. The van der Waals surface area contributed by atoms with E-state index in [2.05, 4.69) is 10.3 Å². The molecule has 2 aliphatic rings. The van der Waals surface area contributed by atoms with Crippen LogP contribution in [0.3, 0.4) is 0 Å². The topological polar surface area (TPSA) is 99.6 Å². The predicted molar refractivity (Wildman–Crippen MR) is 145 cm³/mol. The second-order valence-corrected chi connectivity index (χ2v) is 10.7. The third-order valence-electron chi connectivity index (χ3n) is 7.54. The molecule has 3 heterocycles. The van der Waals surface area contributed by atoms with Crippen molar-refractivity contribution in [2.75, 3.05) is 6.54 Å². The highest BCUT2D eigenvalue weighted by molar-refractivity contribution is 7.09. The Morgan fingerprint density at radius 1 is 1.03 bits per heavy atom. The van der Waals surface area contributed by atoms with E-state index in [0.717, 1.165) is 21.9 Å². The Hall–Kier alpha value is -4.14. The number of imide groups is 1. The van der Waals surface area contributed by atoms with Crippen LogP contribution in [0.1, 0.15) is 22.2 Å². The molecule has 8 heteroatoms. The molecule has 0 spiro atoms. The number of benzene rings is 3. The molecule has 0 radical (unpaired) electrons. The first-order valence-corrected chi connectivity index (χ1v) is 13.3. The molecule has 38 heavy (non-hydrogen) atoms. The molecule has 2 fully saturated rings. The van der Waals surface area contributed by atoms with Crippen LogP contribution in [-0.4, -0.2) is 44.9 Å². The molecule has 0 saturated carbocycles. The summed E-state index contributed by atoms with van der Waals surface area (Å²) in [6.45, 7) is 0.0792. The van der Waals surface area contributed by atoms with Gasteiger partial charge in [-0.2, -0.15) is 0 Å². The van der Waals surface area contributed by atoms with Crippen molar-refractivity contribution in [3.05, 3.63) is 107 Å². The zero-order chi connectivity index (χ0) is 26.3. The van der Waals surface area contributed by atoms with Gasteiger partial charge in [0, 0.05) is 24.5 Å². The van der Waals surface area contributed by atoms with Gasteiger partial charge in [0.1, 0.15) is 10.5 Å². The number of aromatic nitrogens is 1. The van der Waals surface area contributed by atoms with Crippen LogP contribution in [0.5, 0.6) is 0 Å². The van der Waals surface area contributed by atoms with E-state index in [1.54, 1.807) is 17.7 Å². The van der Waals surface area contributed by atoms with Gasteiger partial charge >= 0.3 is 5.97 Å². The van der Waals surface area contributed by atoms with Crippen molar-refractivity contribution in [3.63, 3.8) is 0 Å². The molecule has 6 rings (SSSR count). The molecule has 2 aliphatic heterocycles. The standard InChI is InChI=1S/C30H25N3O4S/c34-27-23-24(28(35)33(27)15-6-9-19-7-2-1-3-8-19)30(29(36)37,32-25(23)26-31-14-16-38-26)18-20-12-13-21-10-4-5-11-22(21)17-20/h1-14,16-17,23-25,32H,15,18H2,(H,36,37). The second-order valence-electron chi connectivity index (χ2n) is 9.73. The summed E-state index contributed by atoms with van der Waals surface area (Å²) >= 11 is 1.35. The minimum Gasteiger partial charge on any atom is -0.480 e. The Balaban J connectivity index is 1.38. The third-order valence-corrected chi connectivity index (χ3v) is 8.40. The Bertz CT molecular complexity index is 1550. The van der Waals surface area contributed by atoms with Crippen molar-refractivity contribution >= 4 is 46.0 Å². The Kier molecular flexibility index (Phi) is 6.13. The summed E-state index contributed by atoms with van der Waals surface area (Å²) in [6.07, 6.45) is 5.31. The first kappa shape index (κ1) is 24.2. The van der Waals surface area contributed by atoms with Crippen molar-refractivity contribution in [2.45, 2.75) is 18.0 Å². The normalized spacial score (nSPS) is 24.9. The lowest BCUT2D eigenvalue weighted by molar-refractivity contribution is -0.151. The van der Waals surface area contributed by atoms with Crippen LogP contribution in [0.25, 0.3) is 16.8 Å². The molecule has 2 N–H and O–H groups in total. The summed E-state index contributed by atoms with van der Waals surface area (Å²) in [5, 5.41) is 18.3. The number of likely N-dealkylation sites (tertiary alicyclic amines) is 1. The number of carbonyl (C=O) groups is 3. The van der Waals surface area contributed by atoms with E-state index < -0.39 is 35.3 Å². The summed E-state index contributed by atoms with van der Waals surface area (Å²) in [6, 6.07) is 22.6. The maximum atomic E-state index is 13.8. The number of aliphatic carboxylic acids is 1. The van der Waals surface area contributed by atoms with Gasteiger partial charge in [-0.15, -0.1) is 11.3 Å². The van der Waals surface area contributed by atoms with Crippen molar-refractivity contribution in [2.24, 2.45) is 11.8 Å². The Labute approximate surface area is 223 Å². The number of fused-ring (bicyclic) bond motifs is 2.